The Morgan fingerprint density at radius 1 is 1.05 bits per heavy atom. The zero-order valence-corrected chi connectivity index (χ0v) is 12.8. The highest BCUT2D eigenvalue weighted by Crippen LogP contribution is 2.38. The van der Waals surface area contributed by atoms with Gasteiger partial charge in [0.05, 0.1) is 6.04 Å². The lowest BCUT2D eigenvalue weighted by molar-refractivity contribution is 0.327. The predicted octanol–water partition coefficient (Wildman–Crippen LogP) is 4.32. The van der Waals surface area contributed by atoms with E-state index >= 15 is 0 Å². The standard InChI is InChI=1S/C19H19FN2/c1-19(2)11-14-12-7-4-6-10-16(12)21-17(14)18(22-19)13-8-3-5-9-15(13)20/h3-10,18,21-22H,11H2,1-2H3. The third-order valence-corrected chi connectivity index (χ3v) is 4.51. The van der Waals surface area contributed by atoms with Gasteiger partial charge in [-0.05, 0) is 38.0 Å². The number of halogens is 1. The number of hydrogen-bond acceptors (Lipinski definition) is 1. The molecule has 2 N–H and O–H groups in total. The van der Waals surface area contributed by atoms with Crippen LogP contribution in [0.1, 0.15) is 36.7 Å². The molecule has 0 saturated carbocycles. The first-order valence-corrected chi connectivity index (χ1v) is 7.67. The maximum absolute atomic E-state index is 14.3. The quantitative estimate of drug-likeness (QED) is 0.687. The Morgan fingerprint density at radius 3 is 2.59 bits per heavy atom. The van der Waals surface area contributed by atoms with Crippen LogP contribution < -0.4 is 5.32 Å². The van der Waals surface area contributed by atoms with Crippen LogP contribution in [-0.4, -0.2) is 10.5 Å². The fraction of sp³-hybridized carbons (Fsp3) is 0.263. The molecule has 1 aliphatic rings. The molecule has 112 valence electrons. The molecule has 3 heteroatoms. The van der Waals surface area contributed by atoms with Crippen molar-refractivity contribution in [1.82, 2.24) is 10.3 Å². The van der Waals surface area contributed by atoms with Gasteiger partial charge in [0.1, 0.15) is 5.82 Å². The first-order chi connectivity index (χ1) is 10.6. The highest BCUT2D eigenvalue weighted by atomic mass is 19.1. The van der Waals surface area contributed by atoms with Crippen molar-refractivity contribution in [2.75, 3.05) is 0 Å². The molecule has 4 rings (SSSR count). The summed E-state index contributed by atoms with van der Waals surface area (Å²) in [5.74, 6) is -0.165. The molecule has 0 radical (unpaired) electrons. The normalized spacial score (nSPS) is 20.0. The number of H-pyrrole nitrogens is 1. The molecule has 0 bridgehead atoms. The van der Waals surface area contributed by atoms with Crippen molar-refractivity contribution >= 4 is 10.9 Å². The number of aromatic amines is 1. The van der Waals surface area contributed by atoms with E-state index in [0.717, 1.165) is 17.6 Å². The van der Waals surface area contributed by atoms with Gasteiger partial charge in [0.25, 0.3) is 0 Å². The molecular weight excluding hydrogens is 275 g/mol. The molecule has 2 nitrogen and oxygen atoms in total. The summed E-state index contributed by atoms with van der Waals surface area (Å²) in [5, 5.41) is 4.84. The van der Waals surface area contributed by atoms with Gasteiger partial charge in [-0.1, -0.05) is 36.4 Å². The van der Waals surface area contributed by atoms with Crippen LogP contribution in [0.2, 0.25) is 0 Å². The monoisotopic (exact) mass is 294 g/mol. The van der Waals surface area contributed by atoms with E-state index in [1.165, 1.54) is 17.0 Å². The Bertz CT molecular complexity index is 848. The molecule has 3 aromatic rings. The van der Waals surface area contributed by atoms with E-state index in [4.69, 9.17) is 0 Å². The van der Waals surface area contributed by atoms with Crippen LogP contribution in [0.3, 0.4) is 0 Å². The summed E-state index contributed by atoms with van der Waals surface area (Å²) >= 11 is 0. The second kappa shape index (κ2) is 4.68. The molecule has 1 atom stereocenters. The number of benzene rings is 2. The van der Waals surface area contributed by atoms with Crippen molar-refractivity contribution in [3.63, 3.8) is 0 Å². The Balaban J connectivity index is 1.96. The molecule has 0 aliphatic carbocycles. The van der Waals surface area contributed by atoms with Gasteiger partial charge < -0.3 is 4.98 Å². The number of hydrogen-bond donors (Lipinski definition) is 2. The highest BCUT2D eigenvalue weighted by molar-refractivity contribution is 5.85. The number of para-hydroxylation sites is 1. The SMILES string of the molecule is CC1(C)Cc2c([nH]c3ccccc23)C(c2ccccc2F)N1. The zero-order chi connectivity index (χ0) is 15.3. The van der Waals surface area contributed by atoms with Gasteiger partial charge in [-0.2, -0.15) is 0 Å². The topological polar surface area (TPSA) is 27.8 Å². The fourth-order valence-electron chi connectivity index (χ4n) is 3.56. The van der Waals surface area contributed by atoms with Gasteiger partial charge in [-0.15, -0.1) is 0 Å². The molecule has 1 aromatic heterocycles. The van der Waals surface area contributed by atoms with E-state index < -0.39 is 0 Å². The van der Waals surface area contributed by atoms with Crippen LogP contribution in [-0.2, 0) is 6.42 Å². The highest BCUT2D eigenvalue weighted by Gasteiger charge is 2.35. The molecule has 22 heavy (non-hydrogen) atoms. The molecule has 0 amide bonds. The number of rotatable bonds is 1. The van der Waals surface area contributed by atoms with E-state index in [1.54, 1.807) is 6.07 Å². The van der Waals surface area contributed by atoms with Crippen LogP contribution >= 0.6 is 0 Å². The van der Waals surface area contributed by atoms with Crippen molar-refractivity contribution in [2.24, 2.45) is 0 Å². The Hall–Kier alpha value is -2.13. The number of nitrogens with one attached hydrogen (secondary N) is 2. The van der Waals surface area contributed by atoms with E-state index in [1.807, 2.05) is 18.2 Å². The van der Waals surface area contributed by atoms with Crippen LogP contribution in [0.25, 0.3) is 10.9 Å². The maximum Gasteiger partial charge on any atom is 0.128 e. The maximum atomic E-state index is 14.3. The molecule has 1 unspecified atom stereocenters. The lowest BCUT2D eigenvalue weighted by atomic mass is 9.84. The largest absolute Gasteiger partial charge is 0.357 e. The van der Waals surface area contributed by atoms with Crippen molar-refractivity contribution in [3.05, 3.63) is 71.2 Å². The summed E-state index contributed by atoms with van der Waals surface area (Å²) in [6.45, 7) is 4.34. The Kier molecular flexibility index (Phi) is 2.88. The molecular formula is C19H19FN2. The van der Waals surface area contributed by atoms with Crippen LogP contribution in [0, 0.1) is 5.82 Å². The second-order valence-corrected chi connectivity index (χ2v) is 6.72. The summed E-state index contributed by atoms with van der Waals surface area (Å²) in [6, 6.07) is 15.2. The van der Waals surface area contributed by atoms with Crippen LogP contribution in [0.15, 0.2) is 48.5 Å². The fourth-order valence-corrected chi connectivity index (χ4v) is 3.56. The van der Waals surface area contributed by atoms with Crippen molar-refractivity contribution in [3.8, 4) is 0 Å². The minimum atomic E-state index is -0.165. The summed E-state index contributed by atoms with van der Waals surface area (Å²) in [5.41, 5.74) is 4.12. The first-order valence-electron chi connectivity index (χ1n) is 7.67. The van der Waals surface area contributed by atoms with Crippen molar-refractivity contribution in [2.45, 2.75) is 31.8 Å². The third-order valence-electron chi connectivity index (χ3n) is 4.51. The average Bonchev–Trinajstić information content (AvgIpc) is 2.85. The van der Waals surface area contributed by atoms with Gasteiger partial charge >= 0.3 is 0 Å². The minimum absolute atomic E-state index is 0.0785. The van der Waals surface area contributed by atoms with Crippen molar-refractivity contribution in [1.29, 1.82) is 0 Å². The number of aromatic nitrogens is 1. The van der Waals surface area contributed by atoms with E-state index in [-0.39, 0.29) is 17.4 Å². The molecule has 2 aromatic carbocycles. The summed E-state index contributed by atoms with van der Waals surface area (Å²) in [6.07, 6.45) is 0.928. The van der Waals surface area contributed by atoms with Gasteiger partial charge in [-0.3, -0.25) is 5.32 Å². The van der Waals surface area contributed by atoms with Gasteiger partial charge in [0.2, 0.25) is 0 Å². The molecule has 0 fully saturated rings. The Morgan fingerprint density at radius 2 is 1.77 bits per heavy atom. The van der Waals surface area contributed by atoms with Crippen LogP contribution in [0.5, 0.6) is 0 Å². The Labute approximate surface area is 129 Å². The smallest absolute Gasteiger partial charge is 0.128 e. The van der Waals surface area contributed by atoms with Gasteiger partial charge in [0, 0.05) is 27.7 Å². The molecule has 0 spiro atoms. The number of fused-ring (bicyclic) bond motifs is 3. The lowest BCUT2D eigenvalue weighted by Crippen LogP contribution is -2.47. The summed E-state index contributed by atoms with van der Waals surface area (Å²) in [4.78, 5) is 3.50. The lowest BCUT2D eigenvalue weighted by Gasteiger charge is -2.37. The van der Waals surface area contributed by atoms with Gasteiger partial charge in [-0.25, -0.2) is 4.39 Å². The van der Waals surface area contributed by atoms with E-state index in [2.05, 4.69) is 42.3 Å². The molecule has 0 saturated heterocycles. The molecule has 2 heterocycles. The summed E-state index contributed by atoms with van der Waals surface area (Å²) < 4.78 is 14.3. The minimum Gasteiger partial charge on any atom is -0.357 e. The van der Waals surface area contributed by atoms with E-state index in [0.29, 0.717) is 5.56 Å². The summed E-state index contributed by atoms with van der Waals surface area (Å²) in [7, 11) is 0. The van der Waals surface area contributed by atoms with Gasteiger partial charge in [0.15, 0.2) is 0 Å². The van der Waals surface area contributed by atoms with Crippen molar-refractivity contribution < 1.29 is 4.39 Å². The third kappa shape index (κ3) is 2.04. The predicted molar refractivity (Wildman–Crippen MR) is 87.5 cm³/mol. The first kappa shape index (κ1) is 13.5. The van der Waals surface area contributed by atoms with E-state index in [9.17, 15) is 4.39 Å². The second-order valence-electron chi connectivity index (χ2n) is 6.72. The van der Waals surface area contributed by atoms with Crippen LogP contribution in [0.4, 0.5) is 4.39 Å². The molecule has 1 aliphatic heterocycles. The average molecular weight is 294 g/mol. The zero-order valence-electron chi connectivity index (χ0n) is 12.8.